The van der Waals surface area contributed by atoms with Crippen LogP contribution in [-0.2, 0) is 4.79 Å². The maximum absolute atomic E-state index is 10.9. The lowest BCUT2D eigenvalue weighted by Crippen LogP contribution is -2.12. The lowest BCUT2D eigenvalue weighted by molar-refractivity contribution is -0.113. The number of halogens is 2. The minimum Gasteiger partial charge on any atom is -0.324 e. The summed E-state index contributed by atoms with van der Waals surface area (Å²) in [7, 11) is 0. The minimum absolute atomic E-state index is 0.108. The number of rotatable bonds is 2. The molecule has 0 unspecified atom stereocenters. The largest absolute Gasteiger partial charge is 0.324 e. The molecule has 2 nitrogen and oxygen atoms in total. The zero-order chi connectivity index (χ0) is 8.97. The molecule has 0 aromatic heterocycles. The molecule has 64 valence electrons. The first kappa shape index (κ1) is 9.55. The van der Waals surface area contributed by atoms with E-state index in [2.05, 4.69) is 21.2 Å². The van der Waals surface area contributed by atoms with Crippen LogP contribution in [-0.4, -0.2) is 11.2 Å². The summed E-state index contributed by atoms with van der Waals surface area (Å²) >= 11 is 8.84. The van der Waals surface area contributed by atoms with Gasteiger partial charge in [0.25, 0.3) is 0 Å². The second-order valence-electron chi connectivity index (χ2n) is 2.16. The number of carbonyl (C=O) groups excluding carboxylic acids is 1. The standard InChI is InChI=1S/C8H7BrClNO/c9-5-8(12)11-7-4-2-1-3-6(7)10/h1-4H,5H2,(H,11,12). The van der Waals surface area contributed by atoms with E-state index < -0.39 is 0 Å². The number of hydrogen-bond acceptors (Lipinski definition) is 1. The summed E-state index contributed by atoms with van der Waals surface area (Å²) in [5.74, 6) is -0.108. The Hall–Kier alpha value is -0.540. The maximum Gasteiger partial charge on any atom is 0.235 e. The number of alkyl halides is 1. The molecule has 0 saturated heterocycles. The molecule has 12 heavy (non-hydrogen) atoms. The molecule has 0 fully saturated rings. The summed E-state index contributed by atoms with van der Waals surface area (Å²) in [6.45, 7) is 0. The van der Waals surface area contributed by atoms with Crippen LogP contribution >= 0.6 is 27.5 Å². The van der Waals surface area contributed by atoms with Crippen LogP contribution in [0.25, 0.3) is 0 Å². The number of amides is 1. The average Bonchev–Trinajstić information content (AvgIpc) is 2.09. The molecule has 0 bridgehead atoms. The summed E-state index contributed by atoms with van der Waals surface area (Å²) in [6, 6.07) is 7.11. The second-order valence-corrected chi connectivity index (χ2v) is 3.13. The van der Waals surface area contributed by atoms with Gasteiger partial charge in [-0.2, -0.15) is 0 Å². The Bertz CT molecular complexity index is 290. The van der Waals surface area contributed by atoms with Gasteiger partial charge in [-0.25, -0.2) is 0 Å². The maximum atomic E-state index is 10.9. The van der Waals surface area contributed by atoms with Crippen LogP contribution < -0.4 is 5.32 Å². The van der Waals surface area contributed by atoms with E-state index in [4.69, 9.17) is 11.6 Å². The highest BCUT2D eigenvalue weighted by molar-refractivity contribution is 9.09. The molecular formula is C8H7BrClNO. The van der Waals surface area contributed by atoms with Crippen molar-refractivity contribution < 1.29 is 4.79 Å². The summed E-state index contributed by atoms with van der Waals surface area (Å²) in [5, 5.41) is 3.47. The van der Waals surface area contributed by atoms with E-state index in [0.717, 1.165) is 0 Å². The Morgan fingerprint density at radius 3 is 2.75 bits per heavy atom. The first-order valence-corrected chi connectivity index (χ1v) is 4.84. The smallest absolute Gasteiger partial charge is 0.235 e. The first-order chi connectivity index (χ1) is 5.74. The van der Waals surface area contributed by atoms with Crippen molar-refractivity contribution >= 4 is 39.1 Å². The first-order valence-electron chi connectivity index (χ1n) is 3.34. The van der Waals surface area contributed by atoms with Crippen LogP contribution in [0, 0.1) is 0 Å². The molecule has 1 aromatic carbocycles. The fraction of sp³-hybridized carbons (Fsp3) is 0.125. The van der Waals surface area contributed by atoms with Crippen molar-refractivity contribution in [1.82, 2.24) is 0 Å². The van der Waals surface area contributed by atoms with Crippen LogP contribution in [0.15, 0.2) is 24.3 Å². The van der Waals surface area contributed by atoms with Crippen molar-refractivity contribution in [3.63, 3.8) is 0 Å². The highest BCUT2D eigenvalue weighted by Gasteiger charge is 2.01. The molecule has 4 heteroatoms. The molecule has 0 aliphatic rings. The van der Waals surface area contributed by atoms with Crippen LogP contribution in [0.1, 0.15) is 0 Å². The van der Waals surface area contributed by atoms with Crippen molar-refractivity contribution in [3.8, 4) is 0 Å². The van der Waals surface area contributed by atoms with Gasteiger partial charge in [-0.05, 0) is 12.1 Å². The normalized spacial score (nSPS) is 9.50. The molecule has 1 amide bonds. The van der Waals surface area contributed by atoms with Crippen LogP contribution in [0.4, 0.5) is 5.69 Å². The van der Waals surface area contributed by atoms with Gasteiger partial charge in [0.2, 0.25) is 5.91 Å². The van der Waals surface area contributed by atoms with E-state index in [1.165, 1.54) is 0 Å². The van der Waals surface area contributed by atoms with Gasteiger partial charge >= 0.3 is 0 Å². The minimum atomic E-state index is -0.108. The van der Waals surface area contributed by atoms with E-state index in [1.807, 2.05) is 12.1 Å². The predicted molar refractivity (Wildman–Crippen MR) is 53.9 cm³/mol. The van der Waals surface area contributed by atoms with Gasteiger partial charge in [-0.1, -0.05) is 39.7 Å². The third-order valence-electron chi connectivity index (χ3n) is 1.27. The van der Waals surface area contributed by atoms with Gasteiger partial charge in [0.15, 0.2) is 0 Å². The second kappa shape index (κ2) is 4.48. The molecular weight excluding hydrogens is 241 g/mol. The van der Waals surface area contributed by atoms with Gasteiger partial charge in [0.05, 0.1) is 16.0 Å². The van der Waals surface area contributed by atoms with Gasteiger partial charge in [-0.15, -0.1) is 0 Å². The summed E-state index contributed by atoms with van der Waals surface area (Å²) in [4.78, 5) is 10.9. The van der Waals surface area contributed by atoms with Crippen LogP contribution in [0.2, 0.25) is 5.02 Å². The summed E-state index contributed by atoms with van der Waals surface area (Å²) < 4.78 is 0. The highest BCUT2D eigenvalue weighted by atomic mass is 79.9. The quantitative estimate of drug-likeness (QED) is 0.801. The Balaban J connectivity index is 2.75. The lowest BCUT2D eigenvalue weighted by atomic mass is 10.3. The monoisotopic (exact) mass is 247 g/mol. The van der Waals surface area contributed by atoms with Gasteiger partial charge in [0, 0.05) is 0 Å². The number of benzene rings is 1. The molecule has 1 rings (SSSR count). The van der Waals surface area contributed by atoms with Crippen LogP contribution in [0.5, 0.6) is 0 Å². The number of hydrogen-bond donors (Lipinski definition) is 1. The van der Waals surface area contributed by atoms with Crippen molar-refractivity contribution in [1.29, 1.82) is 0 Å². The third kappa shape index (κ3) is 2.50. The summed E-state index contributed by atoms with van der Waals surface area (Å²) in [6.07, 6.45) is 0. The fourth-order valence-electron chi connectivity index (χ4n) is 0.746. The Morgan fingerprint density at radius 1 is 1.50 bits per heavy atom. The van der Waals surface area contributed by atoms with Crippen molar-refractivity contribution in [2.45, 2.75) is 0 Å². The Kier molecular flexibility index (Phi) is 3.56. The summed E-state index contributed by atoms with van der Waals surface area (Å²) in [5.41, 5.74) is 0.642. The van der Waals surface area contributed by atoms with Gasteiger partial charge in [-0.3, -0.25) is 4.79 Å². The molecule has 1 aromatic rings. The van der Waals surface area contributed by atoms with E-state index in [0.29, 0.717) is 10.7 Å². The number of nitrogens with one attached hydrogen (secondary N) is 1. The van der Waals surface area contributed by atoms with Crippen molar-refractivity contribution in [2.75, 3.05) is 10.6 Å². The Labute approximate surface area is 84.0 Å². The van der Waals surface area contributed by atoms with Gasteiger partial charge < -0.3 is 5.32 Å². The van der Waals surface area contributed by atoms with E-state index in [9.17, 15) is 4.79 Å². The molecule has 0 aliphatic heterocycles. The molecule has 0 spiro atoms. The molecule has 0 radical (unpaired) electrons. The van der Waals surface area contributed by atoms with E-state index in [-0.39, 0.29) is 11.2 Å². The number of carbonyl (C=O) groups is 1. The zero-order valence-electron chi connectivity index (χ0n) is 6.18. The number of anilines is 1. The topological polar surface area (TPSA) is 29.1 Å². The third-order valence-corrected chi connectivity index (χ3v) is 2.11. The van der Waals surface area contributed by atoms with Crippen molar-refractivity contribution in [3.05, 3.63) is 29.3 Å². The number of para-hydroxylation sites is 1. The SMILES string of the molecule is O=C(CBr)Nc1ccccc1Cl. The lowest BCUT2D eigenvalue weighted by Gasteiger charge is -2.03. The highest BCUT2D eigenvalue weighted by Crippen LogP contribution is 2.20. The Morgan fingerprint density at radius 2 is 2.17 bits per heavy atom. The average molecular weight is 249 g/mol. The molecule has 0 atom stereocenters. The molecule has 0 heterocycles. The molecule has 0 saturated carbocycles. The van der Waals surface area contributed by atoms with E-state index >= 15 is 0 Å². The van der Waals surface area contributed by atoms with Crippen LogP contribution in [0.3, 0.4) is 0 Å². The van der Waals surface area contributed by atoms with E-state index in [1.54, 1.807) is 12.1 Å². The molecule has 0 aliphatic carbocycles. The van der Waals surface area contributed by atoms with Crippen molar-refractivity contribution in [2.24, 2.45) is 0 Å². The molecule has 1 N–H and O–H groups in total. The fourth-order valence-corrected chi connectivity index (χ4v) is 1.07. The van der Waals surface area contributed by atoms with Gasteiger partial charge in [0.1, 0.15) is 0 Å². The zero-order valence-corrected chi connectivity index (χ0v) is 8.52. The predicted octanol–water partition coefficient (Wildman–Crippen LogP) is 2.67.